The van der Waals surface area contributed by atoms with Crippen molar-refractivity contribution in [1.82, 2.24) is 9.55 Å². The number of nitrogens with zero attached hydrogens (tertiary/aromatic N) is 2. The fourth-order valence-electron chi connectivity index (χ4n) is 0.894. The van der Waals surface area contributed by atoms with Crippen LogP contribution in [0.1, 0.15) is 5.56 Å². The smallest absolute Gasteiger partial charge is 0.328 e. The van der Waals surface area contributed by atoms with Gasteiger partial charge in [0.1, 0.15) is 11.6 Å². The normalized spacial score (nSPS) is 8.86. The van der Waals surface area contributed by atoms with Crippen molar-refractivity contribution in [3.8, 4) is 6.07 Å². The third kappa shape index (κ3) is 2.45. The summed E-state index contributed by atoms with van der Waals surface area (Å²) in [5.41, 5.74) is 3.92. The quantitative estimate of drug-likeness (QED) is 0.647. The molecule has 1 aromatic rings. The Labute approximate surface area is 85.4 Å². The minimum Gasteiger partial charge on any atom is -0.329 e. The molecule has 0 atom stereocenters. The predicted molar refractivity (Wildman–Crippen MR) is 52.3 cm³/mol. The number of nitriles is 1. The molecule has 0 aliphatic carbocycles. The highest BCUT2D eigenvalue weighted by atomic mass is 35.5. The minimum absolute atomic E-state index is 0. The van der Waals surface area contributed by atoms with Crippen molar-refractivity contribution >= 4 is 12.4 Å². The second-order valence-electron chi connectivity index (χ2n) is 2.40. The lowest BCUT2D eigenvalue weighted by Crippen LogP contribution is -2.32. The van der Waals surface area contributed by atoms with Crippen LogP contribution in [0, 0.1) is 11.3 Å². The molecule has 0 fully saturated rings. The third-order valence-electron chi connectivity index (χ3n) is 1.50. The van der Waals surface area contributed by atoms with E-state index in [9.17, 15) is 9.59 Å². The number of aromatic amines is 1. The minimum atomic E-state index is -0.666. The molecule has 0 saturated carbocycles. The maximum Gasteiger partial charge on any atom is 0.328 e. The van der Waals surface area contributed by atoms with E-state index in [0.29, 0.717) is 0 Å². The number of nitrogens with one attached hydrogen (secondary N) is 1. The summed E-state index contributed by atoms with van der Waals surface area (Å²) in [5.74, 6) is 0. The van der Waals surface area contributed by atoms with Gasteiger partial charge in [0.05, 0.1) is 0 Å². The molecule has 76 valence electrons. The Kier molecular flexibility index (Phi) is 4.63. The molecule has 0 aliphatic heterocycles. The van der Waals surface area contributed by atoms with Gasteiger partial charge in [-0.25, -0.2) is 4.79 Å². The van der Waals surface area contributed by atoms with Crippen LogP contribution in [-0.4, -0.2) is 16.1 Å². The molecule has 0 radical (unpaired) electrons. The fraction of sp³-hybridized carbons (Fsp3) is 0.286. The van der Waals surface area contributed by atoms with Crippen LogP contribution < -0.4 is 17.0 Å². The van der Waals surface area contributed by atoms with Crippen molar-refractivity contribution in [1.29, 1.82) is 5.26 Å². The first-order valence-electron chi connectivity index (χ1n) is 3.63. The first-order valence-corrected chi connectivity index (χ1v) is 3.63. The molecular formula is C7H9ClN4O2. The molecule has 0 bridgehead atoms. The highest BCUT2D eigenvalue weighted by Crippen LogP contribution is 1.83. The van der Waals surface area contributed by atoms with Crippen LogP contribution in [0.5, 0.6) is 0 Å². The van der Waals surface area contributed by atoms with Gasteiger partial charge < -0.3 is 5.73 Å². The van der Waals surface area contributed by atoms with Crippen LogP contribution >= 0.6 is 12.4 Å². The van der Waals surface area contributed by atoms with Gasteiger partial charge in [0.2, 0.25) is 0 Å². The molecule has 1 aromatic heterocycles. The van der Waals surface area contributed by atoms with E-state index >= 15 is 0 Å². The predicted octanol–water partition coefficient (Wildman–Crippen LogP) is -1.21. The lowest BCUT2D eigenvalue weighted by Gasteiger charge is -2.01. The largest absolute Gasteiger partial charge is 0.329 e. The van der Waals surface area contributed by atoms with E-state index in [1.165, 1.54) is 10.8 Å². The van der Waals surface area contributed by atoms with Crippen LogP contribution in [0.3, 0.4) is 0 Å². The molecule has 0 amide bonds. The number of hydrogen-bond donors (Lipinski definition) is 2. The van der Waals surface area contributed by atoms with Crippen LogP contribution in [-0.2, 0) is 6.54 Å². The summed E-state index contributed by atoms with van der Waals surface area (Å²) < 4.78 is 1.19. The van der Waals surface area contributed by atoms with E-state index in [-0.39, 0.29) is 31.1 Å². The number of aromatic nitrogens is 2. The van der Waals surface area contributed by atoms with Crippen LogP contribution in [0.2, 0.25) is 0 Å². The molecule has 0 unspecified atom stereocenters. The summed E-state index contributed by atoms with van der Waals surface area (Å²) in [5, 5.41) is 8.49. The van der Waals surface area contributed by atoms with Gasteiger partial charge in [-0.15, -0.1) is 12.4 Å². The van der Waals surface area contributed by atoms with Crippen LogP contribution in [0.15, 0.2) is 15.8 Å². The average Bonchev–Trinajstić information content (AvgIpc) is 2.10. The number of nitrogens with two attached hydrogens (primary N) is 1. The van der Waals surface area contributed by atoms with E-state index in [1.54, 1.807) is 6.07 Å². The summed E-state index contributed by atoms with van der Waals surface area (Å²) in [6.07, 6.45) is 1.20. The third-order valence-corrected chi connectivity index (χ3v) is 1.50. The van der Waals surface area contributed by atoms with E-state index in [4.69, 9.17) is 11.0 Å². The van der Waals surface area contributed by atoms with Crippen molar-refractivity contribution in [3.05, 3.63) is 32.6 Å². The molecule has 1 rings (SSSR count). The standard InChI is InChI=1S/C7H8N4O2.ClH/c8-1-2-11-4-5(3-9)6(12)10-7(11)13;/h4H,1-2,8H2,(H,10,12,13);1H. The molecule has 7 heteroatoms. The summed E-state index contributed by atoms with van der Waals surface area (Å²) in [4.78, 5) is 24.0. The Morgan fingerprint density at radius 3 is 2.71 bits per heavy atom. The number of hydrogen-bond acceptors (Lipinski definition) is 4. The van der Waals surface area contributed by atoms with Crippen molar-refractivity contribution in [3.63, 3.8) is 0 Å². The summed E-state index contributed by atoms with van der Waals surface area (Å²) in [7, 11) is 0. The Bertz CT molecular complexity index is 456. The van der Waals surface area contributed by atoms with E-state index in [1.807, 2.05) is 4.98 Å². The zero-order chi connectivity index (χ0) is 9.84. The van der Waals surface area contributed by atoms with Gasteiger partial charge in [-0.1, -0.05) is 0 Å². The second kappa shape index (κ2) is 5.21. The van der Waals surface area contributed by atoms with E-state index in [2.05, 4.69) is 0 Å². The molecule has 0 aromatic carbocycles. The van der Waals surface area contributed by atoms with Gasteiger partial charge in [0.15, 0.2) is 0 Å². The maximum absolute atomic E-state index is 11.0. The second-order valence-corrected chi connectivity index (χ2v) is 2.40. The van der Waals surface area contributed by atoms with Crippen molar-refractivity contribution in [2.75, 3.05) is 6.54 Å². The average molecular weight is 217 g/mol. The monoisotopic (exact) mass is 216 g/mol. The Morgan fingerprint density at radius 1 is 1.57 bits per heavy atom. The van der Waals surface area contributed by atoms with Crippen LogP contribution in [0.25, 0.3) is 0 Å². The molecule has 3 N–H and O–H groups in total. The van der Waals surface area contributed by atoms with Gasteiger partial charge in [0.25, 0.3) is 5.56 Å². The van der Waals surface area contributed by atoms with Gasteiger partial charge >= 0.3 is 5.69 Å². The summed E-state index contributed by atoms with van der Waals surface area (Å²) >= 11 is 0. The van der Waals surface area contributed by atoms with Crippen molar-refractivity contribution < 1.29 is 0 Å². The van der Waals surface area contributed by atoms with Gasteiger partial charge in [-0.3, -0.25) is 14.3 Å². The Hall–Kier alpha value is -1.58. The van der Waals surface area contributed by atoms with Gasteiger partial charge in [-0.05, 0) is 0 Å². The number of halogens is 1. The van der Waals surface area contributed by atoms with Gasteiger partial charge in [0, 0.05) is 19.3 Å². The molecule has 1 heterocycles. The fourth-order valence-corrected chi connectivity index (χ4v) is 0.894. The molecule has 0 saturated heterocycles. The molecular weight excluding hydrogens is 208 g/mol. The molecule has 0 spiro atoms. The Morgan fingerprint density at radius 2 is 2.21 bits per heavy atom. The van der Waals surface area contributed by atoms with Crippen molar-refractivity contribution in [2.45, 2.75) is 6.54 Å². The molecule has 14 heavy (non-hydrogen) atoms. The zero-order valence-electron chi connectivity index (χ0n) is 7.19. The van der Waals surface area contributed by atoms with E-state index in [0.717, 1.165) is 0 Å². The van der Waals surface area contributed by atoms with E-state index < -0.39 is 11.2 Å². The summed E-state index contributed by atoms with van der Waals surface area (Å²) in [6.45, 7) is 0.557. The lowest BCUT2D eigenvalue weighted by atomic mass is 10.4. The Balaban J connectivity index is 0.00000169. The summed E-state index contributed by atoms with van der Waals surface area (Å²) in [6, 6.07) is 1.68. The van der Waals surface area contributed by atoms with Crippen molar-refractivity contribution in [2.24, 2.45) is 5.73 Å². The number of rotatable bonds is 2. The first-order chi connectivity index (χ1) is 6.19. The highest BCUT2D eigenvalue weighted by molar-refractivity contribution is 5.85. The maximum atomic E-state index is 11.0. The van der Waals surface area contributed by atoms with Gasteiger partial charge in [-0.2, -0.15) is 5.26 Å². The molecule has 6 nitrogen and oxygen atoms in total. The zero-order valence-corrected chi connectivity index (χ0v) is 8.00. The highest BCUT2D eigenvalue weighted by Gasteiger charge is 2.01. The topological polar surface area (TPSA) is 105 Å². The SMILES string of the molecule is Cl.N#Cc1cn(CCN)c(=O)[nH]c1=O. The van der Waals surface area contributed by atoms with Crippen LogP contribution in [0.4, 0.5) is 0 Å². The molecule has 0 aliphatic rings. The lowest BCUT2D eigenvalue weighted by molar-refractivity contribution is 0.653. The number of H-pyrrole nitrogens is 1. The first kappa shape index (κ1) is 12.4.